The van der Waals surface area contributed by atoms with Crippen LogP contribution in [0.4, 0.5) is 0 Å². The third-order valence-corrected chi connectivity index (χ3v) is 6.17. The number of carbonyl (C=O) groups excluding carboxylic acids is 1. The minimum atomic E-state index is -0.242. The van der Waals surface area contributed by atoms with Crippen LogP contribution >= 0.6 is 22.7 Å². The molecule has 0 spiro atoms. The highest BCUT2D eigenvalue weighted by Gasteiger charge is 2.21. The van der Waals surface area contributed by atoms with E-state index in [9.17, 15) is 9.59 Å². The lowest BCUT2D eigenvalue weighted by Gasteiger charge is -2.21. The number of carbonyl (C=O) groups is 1. The summed E-state index contributed by atoms with van der Waals surface area (Å²) in [7, 11) is 0. The molecule has 1 aromatic carbocycles. The Balaban J connectivity index is 1.73. The molecule has 7 heteroatoms. The zero-order chi connectivity index (χ0) is 18.3. The topological polar surface area (TPSA) is 63.5 Å². The van der Waals surface area contributed by atoms with Gasteiger partial charge in [0.05, 0.1) is 17.1 Å². The predicted octanol–water partition coefficient (Wildman–Crippen LogP) is 4.10. The molecule has 1 amide bonds. The normalized spacial score (nSPS) is 12.7. The summed E-state index contributed by atoms with van der Waals surface area (Å²) in [6, 6.07) is 12.8. The maximum Gasteiger partial charge on any atom is 0.262 e. The van der Waals surface area contributed by atoms with Crippen LogP contribution in [0.15, 0.2) is 52.6 Å². The Hall–Kier alpha value is -2.51. The first-order valence-corrected chi connectivity index (χ1v) is 10.00. The summed E-state index contributed by atoms with van der Waals surface area (Å²) in [5.41, 5.74) is 1.27. The first-order valence-electron chi connectivity index (χ1n) is 8.30. The monoisotopic (exact) mass is 383 g/mol. The van der Waals surface area contributed by atoms with Crippen LogP contribution in [0.5, 0.6) is 0 Å². The van der Waals surface area contributed by atoms with Gasteiger partial charge in [0.1, 0.15) is 4.88 Å². The lowest BCUT2D eigenvalue weighted by Crippen LogP contribution is -2.31. The van der Waals surface area contributed by atoms with Gasteiger partial charge in [-0.1, -0.05) is 43.4 Å². The van der Waals surface area contributed by atoms with Gasteiger partial charge in [-0.05, 0) is 29.5 Å². The van der Waals surface area contributed by atoms with Gasteiger partial charge in [0.25, 0.3) is 11.5 Å². The van der Waals surface area contributed by atoms with Crippen LogP contribution < -0.4 is 10.9 Å². The summed E-state index contributed by atoms with van der Waals surface area (Å²) in [5, 5.41) is 5.06. The van der Waals surface area contributed by atoms with Crippen LogP contribution in [0.1, 0.15) is 34.4 Å². The molecule has 3 aromatic heterocycles. The maximum absolute atomic E-state index is 12.8. The van der Waals surface area contributed by atoms with Crippen LogP contribution in [-0.2, 0) is 0 Å². The minimum absolute atomic E-state index is 0.0835. The van der Waals surface area contributed by atoms with Crippen LogP contribution in [0.25, 0.3) is 16.0 Å². The first kappa shape index (κ1) is 16.9. The number of thiophene rings is 1. The number of amides is 1. The number of fused-ring (bicyclic) bond motifs is 3. The van der Waals surface area contributed by atoms with Gasteiger partial charge in [0.2, 0.25) is 0 Å². The Morgan fingerprint density at radius 1 is 1.19 bits per heavy atom. The zero-order valence-electron chi connectivity index (χ0n) is 14.3. The summed E-state index contributed by atoms with van der Waals surface area (Å²) in [6.07, 6.45) is 0. The summed E-state index contributed by atoms with van der Waals surface area (Å²) in [5.74, 6) is 0.000762. The average Bonchev–Trinajstić information content (AvgIpc) is 3.26. The van der Waals surface area contributed by atoms with Gasteiger partial charge in [-0.15, -0.1) is 11.3 Å². The highest BCUT2D eigenvalue weighted by molar-refractivity contribution is 7.18. The number of rotatable bonds is 4. The second-order valence-corrected chi connectivity index (χ2v) is 8.37. The van der Waals surface area contributed by atoms with Crippen molar-refractivity contribution in [1.29, 1.82) is 0 Å². The third-order valence-electron chi connectivity index (χ3n) is 4.23. The van der Waals surface area contributed by atoms with Crippen molar-refractivity contribution in [2.75, 3.05) is 0 Å². The number of nitrogens with zero attached hydrogens (tertiary/aromatic N) is 2. The fraction of sp³-hybridized carbons (Fsp3) is 0.211. The smallest absolute Gasteiger partial charge is 0.262 e. The number of hydrogen-bond donors (Lipinski definition) is 1. The van der Waals surface area contributed by atoms with Gasteiger partial charge in [-0.25, -0.2) is 4.98 Å². The van der Waals surface area contributed by atoms with Gasteiger partial charge >= 0.3 is 0 Å². The molecule has 0 saturated heterocycles. The van der Waals surface area contributed by atoms with Crippen molar-refractivity contribution >= 4 is 44.6 Å². The minimum Gasteiger partial charge on any atom is -0.343 e. The van der Waals surface area contributed by atoms with E-state index in [1.807, 2.05) is 41.8 Å². The van der Waals surface area contributed by atoms with Crippen molar-refractivity contribution in [1.82, 2.24) is 14.7 Å². The molecule has 132 valence electrons. The highest BCUT2D eigenvalue weighted by Crippen LogP contribution is 2.27. The lowest BCUT2D eigenvalue weighted by molar-refractivity contribution is 0.0930. The van der Waals surface area contributed by atoms with E-state index >= 15 is 0 Å². The molecule has 26 heavy (non-hydrogen) atoms. The van der Waals surface area contributed by atoms with E-state index in [0.717, 1.165) is 15.9 Å². The second-order valence-electron chi connectivity index (χ2n) is 6.38. The first-order chi connectivity index (χ1) is 12.5. The number of hydrogen-bond acceptors (Lipinski definition) is 5. The molecule has 0 aliphatic heterocycles. The number of aromatic nitrogens is 2. The molecule has 4 rings (SSSR count). The van der Waals surface area contributed by atoms with Crippen molar-refractivity contribution in [2.45, 2.75) is 19.9 Å². The second kappa shape index (κ2) is 6.66. The SMILES string of the molecule is CC(C)[C@@H](NC(=O)c1cc(=O)n2c(nc3ccccc32)s1)c1cccs1. The Kier molecular flexibility index (Phi) is 4.34. The van der Waals surface area contributed by atoms with Crippen LogP contribution in [0.2, 0.25) is 0 Å². The average molecular weight is 383 g/mol. The molecule has 0 unspecified atom stereocenters. The van der Waals surface area contributed by atoms with Crippen molar-refractivity contribution in [2.24, 2.45) is 5.92 Å². The predicted molar refractivity (Wildman–Crippen MR) is 106 cm³/mol. The molecule has 0 aliphatic carbocycles. The highest BCUT2D eigenvalue weighted by atomic mass is 32.1. The molecule has 0 fully saturated rings. The molecule has 3 heterocycles. The van der Waals surface area contributed by atoms with E-state index in [4.69, 9.17) is 0 Å². The molecule has 4 aromatic rings. The Morgan fingerprint density at radius 2 is 2.00 bits per heavy atom. The zero-order valence-corrected chi connectivity index (χ0v) is 15.9. The molecule has 1 atom stereocenters. The van der Waals surface area contributed by atoms with Crippen molar-refractivity contribution in [3.05, 3.63) is 68.0 Å². The summed E-state index contributed by atoms with van der Waals surface area (Å²) in [6.45, 7) is 4.13. The molecule has 0 radical (unpaired) electrons. The van der Waals surface area contributed by atoms with E-state index in [2.05, 4.69) is 24.1 Å². The molecule has 0 bridgehead atoms. The van der Waals surface area contributed by atoms with Crippen molar-refractivity contribution < 1.29 is 4.79 Å². The Morgan fingerprint density at radius 3 is 2.73 bits per heavy atom. The number of nitrogens with one attached hydrogen (secondary N) is 1. The van der Waals surface area contributed by atoms with E-state index < -0.39 is 0 Å². The van der Waals surface area contributed by atoms with Gasteiger partial charge in [-0.3, -0.25) is 14.0 Å². The van der Waals surface area contributed by atoms with E-state index in [1.54, 1.807) is 15.7 Å². The summed E-state index contributed by atoms with van der Waals surface area (Å²) >= 11 is 2.84. The van der Waals surface area contributed by atoms with Gasteiger partial charge < -0.3 is 5.32 Å². The maximum atomic E-state index is 12.8. The molecule has 1 N–H and O–H groups in total. The summed E-state index contributed by atoms with van der Waals surface area (Å²) < 4.78 is 1.55. The number of imidazole rings is 1. The van der Waals surface area contributed by atoms with Gasteiger partial charge in [-0.2, -0.15) is 0 Å². The van der Waals surface area contributed by atoms with Crippen LogP contribution in [0, 0.1) is 5.92 Å². The Bertz CT molecular complexity index is 1140. The fourth-order valence-corrected chi connectivity index (χ4v) is 4.83. The third kappa shape index (κ3) is 2.93. The molecule has 5 nitrogen and oxygen atoms in total. The molecule has 0 saturated carbocycles. The quantitative estimate of drug-likeness (QED) is 0.577. The van der Waals surface area contributed by atoms with Gasteiger partial charge in [0, 0.05) is 10.9 Å². The Labute approximate surface area is 157 Å². The standard InChI is InChI=1S/C19H17N3O2S2/c1-11(2)17(14-8-5-9-25-14)21-18(24)15-10-16(23)22-13-7-4-3-6-12(13)20-19(22)26-15/h3-11,17H,1-2H3,(H,21,24)/t17-/m1/s1. The van der Waals surface area contributed by atoms with E-state index in [-0.39, 0.29) is 23.4 Å². The van der Waals surface area contributed by atoms with Crippen molar-refractivity contribution in [3.8, 4) is 0 Å². The van der Waals surface area contributed by atoms with E-state index in [0.29, 0.717) is 9.84 Å². The van der Waals surface area contributed by atoms with Gasteiger partial charge in [0.15, 0.2) is 4.96 Å². The lowest BCUT2D eigenvalue weighted by atomic mass is 10.0. The summed E-state index contributed by atoms with van der Waals surface area (Å²) in [4.78, 5) is 31.9. The fourth-order valence-electron chi connectivity index (χ4n) is 2.95. The number of para-hydroxylation sites is 2. The number of benzene rings is 1. The molecular weight excluding hydrogens is 366 g/mol. The van der Waals surface area contributed by atoms with Crippen molar-refractivity contribution in [3.63, 3.8) is 0 Å². The van der Waals surface area contributed by atoms with Crippen LogP contribution in [-0.4, -0.2) is 15.3 Å². The molecule has 0 aliphatic rings. The van der Waals surface area contributed by atoms with E-state index in [1.165, 1.54) is 17.4 Å². The molecular formula is C19H17N3O2S2. The largest absolute Gasteiger partial charge is 0.343 e. The van der Waals surface area contributed by atoms with Crippen LogP contribution in [0.3, 0.4) is 0 Å².